The maximum absolute atomic E-state index is 12.6. The van der Waals surface area contributed by atoms with Gasteiger partial charge in [0.1, 0.15) is 17.3 Å². The summed E-state index contributed by atoms with van der Waals surface area (Å²) in [6, 6.07) is 6.54. The van der Waals surface area contributed by atoms with Crippen molar-refractivity contribution in [3.05, 3.63) is 35.7 Å². The summed E-state index contributed by atoms with van der Waals surface area (Å²) in [7, 11) is 0. The predicted molar refractivity (Wildman–Crippen MR) is 74.7 cm³/mol. The van der Waals surface area contributed by atoms with Gasteiger partial charge in [-0.3, -0.25) is 0 Å². The summed E-state index contributed by atoms with van der Waals surface area (Å²) in [5.41, 5.74) is 7.71. The Hall–Kier alpha value is -1.91. The normalized spacial score (nSPS) is 18.3. The SMILES string of the molecule is CC1CCCc2nc(-c3ccc(C(F)F)cc3)c(N)n21. The lowest BCUT2D eigenvalue weighted by molar-refractivity contribution is 0.151. The Balaban J connectivity index is 2.02. The smallest absolute Gasteiger partial charge is 0.263 e. The van der Waals surface area contributed by atoms with Gasteiger partial charge in [-0.1, -0.05) is 24.3 Å². The maximum atomic E-state index is 12.6. The number of imidazole rings is 1. The number of aromatic nitrogens is 2. The summed E-state index contributed by atoms with van der Waals surface area (Å²) < 4.78 is 27.2. The van der Waals surface area contributed by atoms with Gasteiger partial charge in [-0.2, -0.15) is 0 Å². The summed E-state index contributed by atoms with van der Waals surface area (Å²) in [5.74, 6) is 1.63. The second-order valence-electron chi connectivity index (χ2n) is 5.30. The van der Waals surface area contributed by atoms with E-state index in [1.54, 1.807) is 12.1 Å². The lowest BCUT2D eigenvalue weighted by Gasteiger charge is -2.22. The molecule has 1 unspecified atom stereocenters. The molecule has 0 radical (unpaired) electrons. The van der Waals surface area contributed by atoms with Crippen LogP contribution in [0, 0.1) is 0 Å². The minimum Gasteiger partial charge on any atom is -0.383 e. The molecule has 1 aliphatic heterocycles. The Kier molecular flexibility index (Phi) is 3.20. The van der Waals surface area contributed by atoms with Gasteiger partial charge < -0.3 is 10.3 Å². The molecule has 20 heavy (non-hydrogen) atoms. The third kappa shape index (κ3) is 2.07. The van der Waals surface area contributed by atoms with E-state index in [-0.39, 0.29) is 5.56 Å². The number of nitrogen functional groups attached to an aromatic ring is 1. The Morgan fingerprint density at radius 3 is 2.60 bits per heavy atom. The topological polar surface area (TPSA) is 43.8 Å². The number of nitrogens with zero attached hydrogens (tertiary/aromatic N) is 2. The molecule has 2 N–H and O–H groups in total. The first kappa shape index (κ1) is 13.1. The van der Waals surface area contributed by atoms with Gasteiger partial charge in [0.15, 0.2) is 0 Å². The monoisotopic (exact) mass is 277 g/mol. The van der Waals surface area contributed by atoms with Crippen molar-refractivity contribution >= 4 is 5.82 Å². The average molecular weight is 277 g/mol. The highest BCUT2D eigenvalue weighted by molar-refractivity contribution is 5.71. The van der Waals surface area contributed by atoms with Crippen LogP contribution in [0.1, 0.15) is 43.6 Å². The molecular weight excluding hydrogens is 260 g/mol. The zero-order chi connectivity index (χ0) is 14.3. The number of nitrogens with two attached hydrogens (primary N) is 1. The number of benzene rings is 1. The van der Waals surface area contributed by atoms with Crippen molar-refractivity contribution in [2.75, 3.05) is 5.73 Å². The second kappa shape index (κ2) is 4.89. The highest BCUT2D eigenvalue weighted by Crippen LogP contribution is 2.34. The standard InChI is InChI=1S/C15H17F2N3/c1-9-3-2-4-12-19-13(15(18)20(9)12)10-5-7-11(8-6-10)14(16)17/h5-9,14H,2-4,18H2,1H3. The van der Waals surface area contributed by atoms with Gasteiger partial charge >= 0.3 is 0 Å². The number of halogens is 2. The molecule has 5 heteroatoms. The summed E-state index contributed by atoms with van der Waals surface area (Å²) >= 11 is 0. The summed E-state index contributed by atoms with van der Waals surface area (Å²) in [4.78, 5) is 4.60. The highest BCUT2D eigenvalue weighted by Gasteiger charge is 2.23. The quantitative estimate of drug-likeness (QED) is 0.902. The number of rotatable bonds is 2. The molecule has 0 saturated heterocycles. The van der Waals surface area contributed by atoms with Gasteiger partial charge in [0.25, 0.3) is 6.43 Å². The van der Waals surface area contributed by atoms with Gasteiger partial charge in [-0.05, 0) is 19.8 Å². The largest absolute Gasteiger partial charge is 0.383 e. The summed E-state index contributed by atoms with van der Waals surface area (Å²) in [6.07, 6.45) is 0.680. The molecule has 3 rings (SSSR count). The molecule has 2 heterocycles. The number of anilines is 1. The van der Waals surface area contributed by atoms with Crippen LogP contribution in [0.25, 0.3) is 11.3 Å². The molecule has 1 atom stereocenters. The van der Waals surface area contributed by atoms with Gasteiger partial charge in [0.05, 0.1) is 0 Å². The third-order valence-electron chi connectivity index (χ3n) is 3.92. The molecule has 0 amide bonds. The molecule has 1 aromatic heterocycles. The van der Waals surface area contributed by atoms with Crippen molar-refractivity contribution in [1.82, 2.24) is 9.55 Å². The number of hydrogen-bond donors (Lipinski definition) is 1. The van der Waals surface area contributed by atoms with Crippen LogP contribution in [0.3, 0.4) is 0 Å². The molecule has 3 nitrogen and oxygen atoms in total. The van der Waals surface area contributed by atoms with Crippen molar-refractivity contribution < 1.29 is 8.78 Å². The number of aryl methyl sites for hydroxylation is 1. The van der Waals surface area contributed by atoms with E-state index in [4.69, 9.17) is 5.73 Å². The zero-order valence-corrected chi connectivity index (χ0v) is 11.3. The van der Waals surface area contributed by atoms with Crippen molar-refractivity contribution in [1.29, 1.82) is 0 Å². The number of fused-ring (bicyclic) bond motifs is 1. The van der Waals surface area contributed by atoms with Gasteiger partial charge in [0, 0.05) is 23.6 Å². The van der Waals surface area contributed by atoms with E-state index >= 15 is 0 Å². The molecule has 0 saturated carbocycles. The minimum absolute atomic E-state index is 0.0182. The Bertz CT molecular complexity index is 617. The fourth-order valence-corrected chi connectivity index (χ4v) is 2.85. The van der Waals surface area contributed by atoms with Gasteiger partial charge in [-0.25, -0.2) is 13.8 Å². The average Bonchev–Trinajstić information content (AvgIpc) is 2.77. The molecule has 1 aromatic carbocycles. The molecule has 106 valence electrons. The number of hydrogen-bond acceptors (Lipinski definition) is 2. The summed E-state index contributed by atoms with van der Waals surface area (Å²) in [5, 5.41) is 0. The van der Waals surface area contributed by atoms with E-state index in [1.165, 1.54) is 12.1 Å². The minimum atomic E-state index is -2.45. The van der Waals surface area contributed by atoms with Gasteiger partial charge in [0.2, 0.25) is 0 Å². The molecule has 0 bridgehead atoms. The molecular formula is C15H17F2N3. The molecule has 0 spiro atoms. The Labute approximate surface area is 116 Å². The summed E-state index contributed by atoms with van der Waals surface area (Å²) in [6.45, 7) is 2.13. The first-order chi connectivity index (χ1) is 9.58. The Morgan fingerprint density at radius 2 is 2.00 bits per heavy atom. The van der Waals surface area contributed by atoms with Gasteiger partial charge in [-0.15, -0.1) is 0 Å². The third-order valence-corrected chi connectivity index (χ3v) is 3.92. The van der Waals surface area contributed by atoms with Crippen molar-refractivity contribution in [2.24, 2.45) is 0 Å². The van der Waals surface area contributed by atoms with Crippen molar-refractivity contribution in [3.63, 3.8) is 0 Å². The van der Waals surface area contributed by atoms with Crippen LogP contribution in [0.2, 0.25) is 0 Å². The van der Waals surface area contributed by atoms with Crippen LogP contribution in [0.5, 0.6) is 0 Å². The zero-order valence-electron chi connectivity index (χ0n) is 11.3. The van der Waals surface area contributed by atoms with E-state index < -0.39 is 6.43 Å². The van der Waals surface area contributed by atoms with Crippen LogP contribution < -0.4 is 5.73 Å². The van der Waals surface area contributed by atoms with Crippen molar-refractivity contribution in [3.8, 4) is 11.3 Å². The molecule has 1 aliphatic rings. The van der Waals surface area contributed by atoms with Crippen LogP contribution in [-0.2, 0) is 6.42 Å². The van der Waals surface area contributed by atoms with Crippen LogP contribution in [-0.4, -0.2) is 9.55 Å². The van der Waals surface area contributed by atoms with E-state index in [0.29, 0.717) is 17.6 Å². The van der Waals surface area contributed by atoms with Crippen molar-refractivity contribution in [2.45, 2.75) is 38.7 Å². The van der Waals surface area contributed by atoms with E-state index in [0.717, 1.165) is 30.7 Å². The molecule has 2 aromatic rings. The maximum Gasteiger partial charge on any atom is 0.263 e. The lowest BCUT2D eigenvalue weighted by Crippen LogP contribution is -2.16. The van der Waals surface area contributed by atoms with Crippen LogP contribution in [0.15, 0.2) is 24.3 Å². The molecule has 0 fully saturated rings. The molecule has 0 aliphatic carbocycles. The van der Waals surface area contributed by atoms with Crippen LogP contribution >= 0.6 is 0 Å². The fraction of sp³-hybridized carbons (Fsp3) is 0.400. The van der Waals surface area contributed by atoms with E-state index in [9.17, 15) is 8.78 Å². The lowest BCUT2D eigenvalue weighted by atomic mass is 10.1. The number of alkyl halides is 2. The van der Waals surface area contributed by atoms with Crippen LogP contribution in [0.4, 0.5) is 14.6 Å². The first-order valence-corrected chi connectivity index (χ1v) is 6.83. The second-order valence-corrected chi connectivity index (χ2v) is 5.30. The highest BCUT2D eigenvalue weighted by atomic mass is 19.3. The fourth-order valence-electron chi connectivity index (χ4n) is 2.85. The first-order valence-electron chi connectivity index (χ1n) is 6.83. The van der Waals surface area contributed by atoms with E-state index in [2.05, 4.69) is 16.5 Å². The van der Waals surface area contributed by atoms with E-state index in [1.807, 2.05) is 0 Å². The predicted octanol–water partition coefficient (Wildman–Crippen LogP) is 3.97. The Morgan fingerprint density at radius 1 is 1.30 bits per heavy atom.